The second kappa shape index (κ2) is 13.3. The Morgan fingerprint density at radius 2 is 1.09 bits per heavy atom. The number of aliphatic hydroxyl groups is 1. The van der Waals surface area contributed by atoms with E-state index in [1.54, 1.807) is 0 Å². The zero-order valence-corrected chi connectivity index (χ0v) is 20.3. The Hall–Kier alpha value is -2.46. The molecule has 2 unspecified atom stereocenters. The number of aliphatic carboxylic acids is 1. The molecule has 0 aromatic heterocycles. The average Bonchev–Trinajstić information content (AvgIpc) is 2.82. The molecule has 0 aliphatic rings. The van der Waals surface area contributed by atoms with Gasteiger partial charge >= 0.3 is 5.97 Å². The zero-order valence-electron chi connectivity index (χ0n) is 20.3. The standard InChI is InChI=1S/C29H40O4/c1-28(21-11-23-30,24-12-5-3-6-13-24)19-9-16-26(31)17-10-20-29(2,22-18-27(32)33)25-14-7-4-8-15-25/h3-8,12-15,30H,9-11,16-23H2,1-2H3,(H,32,33). The van der Waals surface area contributed by atoms with Crippen molar-refractivity contribution in [2.45, 2.75) is 88.9 Å². The predicted molar refractivity (Wildman–Crippen MR) is 133 cm³/mol. The second-order valence-corrected chi connectivity index (χ2v) is 9.82. The van der Waals surface area contributed by atoms with Crippen molar-refractivity contribution in [2.75, 3.05) is 6.61 Å². The number of carboxylic acids is 1. The van der Waals surface area contributed by atoms with Gasteiger partial charge < -0.3 is 10.2 Å². The number of rotatable bonds is 16. The highest BCUT2D eigenvalue weighted by Gasteiger charge is 2.28. The quantitative estimate of drug-likeness (QED) is 0.307. The van der Waals surface area contributed by atoms with Crippen LogP contribution in [0.1, 0.15) is 89.2 Å². The van der Waals surface area contributed by atoms with Gasteiger partial charge in [-0.1, -0.05) is 74.5 Å². The van der Waals surface area contributed by atoms with Crippen molar-refractivity contribution in [3.63, 3.8) is 0 Å². The van der Waals surface area contributed by atoms with Gasteiger partial charge in [0.1, 0.15) is 5.78 Å². The molecule has 0 aliphatic carbocycles. The molecule has 0 saturated heterocycles. The van der Waals surface area contributed by atoms with E-state index in [2.05, 4.69) is 38.1 Å². The van der Waals surface area contributed by atoms with Crippen LogP contribution in [0.25, 0.3) is 0 Å². The van der Waals surface area contributed by atoms with Crippen LogP contribution in [0.15, 0.2) is 60.7 Å². The van der Waals surface area contributed by atoms with Gasteiger partial charge in [-0.3, -0.25) is 9.59 Å². The Labute approximate surface area is 199 Å². The smallest absolute Gasteiger partial charge is 0.303 e. The van der Waals surface area contributed by atoms with Gasteiger partial charge in [0.15, 0.2) is 0 Å². The number of aliphatic hydroxyl groups excluding tert-OH is 1. The predicted octanol–water partition coefficient (Wildman–Crippen LogP) is 6.45. The van der Waals surface area contributed by atoms with Crippen molar-refractivity contribution < 1.29 is 19.8 Å². The van der Waals surface area contributed by atoms with Crippen LogP contribution >= 0.6 is 0 Å². The highest BCUT2D eigenvalue weighted by molar-refractivity contribution is 5.78. The Kier molecular flexibility index (Phi) is 10.8. The van der Waals surface area contributed by atoms with E-state index in [1.165, 1.54) is 5.56 Å². The normalized spacial score (nSPS) is 14.9. The molecule has 2 rings (SSSR count). The van der Waals surface area contributed by atoms with Crippen LogP contribution in [0.3, 0.4) is 0 Å². The molecule has 4 nitrogen and oxygen atoms in total. The van der Waals surface area contributed by atoms with Gasteiger partial charge in [-0.15, -0.1) is 0 Å². The van der Waals surface area contributed by atoms with E-state index in [4.69, 9.17) is 5.11 Å². The molecule has 0 radical (unpaired) electrons. The number of benzene rings is 2. The van der Waals surface area contributed by atoms with E-state index in [-0.39, 0.29) is 29.6 Å². The summed E-state index contributed by atoms with van der Waals surface area (Å²) in [6.45, 7) is 4.53. The van der Waals surface area contributed by atoms with Gasteiger partial charge in [0.2, 0.25) is 0 Å². The fraction of sp³-hybridized carbons (Fsp3) is 0.517. The van der Waals surface area contributed by atoms with Crippen LogP contribution in [-0.2, 0) is 20.4 Å². The monoisotopic (exact) mass is 452 g/mol. The summed E-state index contributed by atoms with van der Waals surface area (Å²) >= 11 is 0. The largest absolute Gasteiger partial charge is 0.481 e. The summed E-state index contributed by atoms with van der Waals surface area (Å²) in [5.41, 5.74) is 2.13. The first kappa shape index (κ1) is 26.8. The molecule has 33 heavy (non-hydrogen) atoms. The fourth-order valence-corrected chi connectivity index (χ4v) is 4.84. The molecule has 0 aliphatic heterocycles. The first-order chi connectivity index (χ1) is 15.8. The molecule has 2 N–H and O–H groups in total. The van der Waals surface area contributed by atoms with Gasteiger partial charge in [0.05, 0.1) is 0 Å². The third-order valence-electron chi connectivity index (χ3n) is 7.09. The van der Waals surface area contributed by atoms with Gasteiger partial charge in [-0.2, -0.15) is 0 Å². The number of ketones is 1. The number of Topliss-reactive ketones (excluding diaryl/α,β-unsaturated/α-hetero) is 1. The summed E-state index contributed by atoms with van der Waals surface area (Å²) in [6, 6.07) is 20.4. The number of hydrogen-bond donors (Lipinski definition) is 2. The Morgan fingerprint density at radius 3 is 1.52 bits per heavy atom. The van der Waals surface area contributed by atoms with Crippen LogP contribution in [0.5, 0.6) is 0 Å². The lowest BCUT2D eigenvalue weighted by Crippen LogP contribution is -2.24. The number of carbonyl (C=O) groups is 2. The van der Waals surface area contributed by atoms with Crippen molar-refractivity contribution in [3.8, 4) is 0 Å². The maximum atomic E-state index is 12.6. The lowest BCUT2D eigenvalue weighted by molar-refractivity contribution is -0.137. The molecule has 2 atom stereocenters. The minimum Gasteiger partial charge on any atom is -0.481 e. The Morgan fingerprint density at radius 1 is 0.667 bits per heavy atom. The molecular formula is C29H40O4. The molecule has 0 amide bonds. The third kappa shape index (κ3) is 8.77. The molecule has 0 bridgehead atoms. The molecule has 0 heterocycles. The van der Waals surface area contributed by atoms with Gasteiger partial charge in [0, 0.05) is 25.9 Å². The first-order valence-corrected chi connectivity index (χ1v) is 12.2. The minimum atomic E-state index is -0.782. The lowest BCUT2D eigenvalue weighted by Gasteiger charge is -2.31. The van der Waals surface area contributed by atoms with Gasteiger partial charge in [-0.25, -0.2) is 0 Å². The van der Waals surface area contributed by atoms with Crippen molar-refractivity contribution in [3.05, 3.63) is 71.8 Å². The number of carboxylic acid groups (broad SMARTS) is 1. The van der Waals surface area contributed by atoms with Crippen molar-refractivity contribution >= 4 is 11.8 Å². The number of hydrogen-bond acceptors (Lipinski definition) is 3. The van der Waals surface area contributed by atoms with Crippen LogP contribution < -0.4 is 0 Å². The van der Waals surface area contributed by atoms with Crippen LogP contribution in [0.2, 0.25) is 0 Å². The van der Waals surface area contributed by atoms with E-state index < -0.39 is 5.97 Å². The maximum absolute atomic E-state index is 12.6. The van der Waals surface area contributed by atoms with Gasteiger partial charge in [-0.05, 0) is 66.9 Å². The number of carbonyl (C=O) groups excluding carboxylic acids is 1. The molecular weight excluding hydrogens is 412 g/mol. The molecule has 0 fully saturated rings. The minimum absolute atomic E-state index is 0.0347. The summed E-state index contributed by atoms with van der Waals surface area (Å²) in [5, 5.41) is 18.5. The summed E-state index contributed by atoms with van der Waals surface area (Å²) in [7, 11) is 0. The third-order valence-corrected chi connectivity index (χ3v) is 7.09. The fourth-order valence-electron chi connectivity index (χ4n) is 4.84. The lowest BCUT2D eigenvalue weighted by atomic mass is 9.74. The van der Waals surface area contributed by atoms with Crippen molar-refractivity contribution in [1.29, 1.82) is 0 Å². The van der Waals surface area contributed by atoms with E-state index in [1.807, 2.05) is 36.4 Å². The first-order valence-electron chi connectivity index (χ1n) is 12.2. The summed E-state index contributed by atoms with van der Waals surface area (Å²) in [4.78, 5) is 23.8. The molecule has 0 saturated carbocycles. The van der Waals surface area contributed by atoms with E-state index in [0.717, 1.165) is 44.1 Å². The highest BCUT2D eigenvalue weighted by atomic mass is 16.4. The molecule has 4 heteroatoms. The molecule has 2 aromatic rings. The molecule has 180 valence electrons. The maximum Gasteiger partial charge on any atom is 0.303 e. The average molecular weight is 453 g/mol. The zero-order chi connectivity index (χ0) is 24.2. The Bertz CT molecular complexity index is 848. The molecule has 0 spiro atoms. The summed E-state index contributed by atoms with van der Waals surface area (Å²) in [6.07, 6.45) is 6.79. The SMILES string of the molecule is CC(CCCO)(CCCC(=O)CCCC(C)(CCC(=O)O)c1ccccc1)c1ccccc1. The topological polar surface area (TPSA) is 74.6 Å². The van der Waals surface area contributed by atoms with E-state index >= 15 is 0 Å². The summed E-state index contributed by atoms with van der Waals surface area (Å²) < 4.78 is 0. The van der Waals surface area contributed by atoms with Gasteiger partial charge in [0.25, 0.3) is 0 Å². The highest BCUT2D eigenvalue weighted by Crippen LogP contribution is 2.36. The van der Waals surface area contributed by atoms with Crippen LogP contribution in [0, 0.1) is 0 Å². The van der Waals surface area contributed by atoms with Crippen molar-refractivity contribution in [1.82, 2.24) is 0 Å². The summed E-state index contributed by atoms with van der Waals surface area (Å²) in [5.74, 6) is -0.503. The Balaban J connectivity index is 1.87. The van der Waals surface area contributed by atoms with Crippen LogP contribution in [-0.4, -0.2) is 28.6 Å². The van der Waals surface area contributed by atoms with Crippen molar-refractivity contribution in [2.24, 2.45) is 0 Å². The van der Waals surface area contributed by atoms with Crippen LogP contribution in [0.4, 0.5) is 0 Å². The second-order valence-electron chi connectivity index (χ2n) is 9.82. The van der Waals surface area contributed by atoms with E-state index in [0.29, 0.717) is 19.3 Å². The van der Waals surface area contributed by atoms with E-state index in [9.17, 15) is 14.7 Å². The molecule has 2 aromatic carbocycles.